The van der Waals surface area contributed by atoms with E-state index in [2.05, 4.69) is 25.5 Å². The summed E-state index contributed by atoms with van der Waals surface area (Å²) >= 11 is 1.13. The predicted molar refractivity (Wildman–Crippen MR) is 160 cm³/mol. The number of H-pyrrole nitrogens is 1. The number of nitroso groups, excluding NO2 is 1. The lowest BCUT2D eigenvalue weighted by molar-refractivity contribution is -0.748. The predicted octanol–water partition coefficient (Wildman–Crippen LogP) is 1.26. The van der Waals surface area contributed by atoms with Crippen molar-refractivity contribution in [3.8, 4) is 5.75 Å². The zero-order valence-corrected chi connectivity index (χ0v) is 25.0. The van der Waals surface area contributed by atoms with E-state index in [0.29, 0.717) is 27.5 Å². The highest BCUT2D eigenvalue weighted by Crippen LogP contribution is 2.32. The second-order valence-electron chi connectivity index (χ2n) is 9.43. The van der Waals surface area contributed by atoms with E-state index < -0.39 is 25.0 Å². The van der Waals surface area contributed by atoms with Gasteiger partial charge in [0.25, 0.3) is 17.3 Å². The third-order valence-electron chi connectivity index (χ3n) is 6.33. The van der Waals surface area contributed by atoms with Crippen LogP contribution < -0.4 is 36.7 Å². The van der Waals surface area contributed by atoms with Crippen molar-refractivity contribution in [1.29, 1.82) is 0 Å². The Kier molecular flexibility index (Phi) is 10.5. The first-order valence-corrected chi connectivity index (χ1v) is 14.3. The molecule has 4 aromatic rings. The number of aromatic nitrogens is 4. The molecule has 15 nitrogen and oxygen atoms in total. The van der Waals surface area contributed by atoms with Crippen LogP contribution in [-0.2, 0) is 17.8 Å². The van der Waals surface area contributed by atoms with Crippen LogP contribution in [0, 0.1) is 11.8 Å². The van der Waals surface area contributed by atoms with Crippen molar-refractivity contribution in [2.45, 2.75) is 33.5 Å². The summed E-state index contributed by atoms with van der Waals surface area (Å²) in [7, 11) is 0. The normalized spacial score (nSPS) is 11.4. The molecule has 0 saturated carbocycles. The summed E-state index contributed by atoms with van der Waals surface area (Å²) in [5.74, 6) is -1.56. The fraction of sp³-hybridized carbons (Fsp3) is 0.296. The average Bonchev–Trinajstić information content (AvgIpc) is 3.68. The fourth-order valence-electron chi connectivity index (χ4n) is 4.34. The Balaban J connectivity index is 1.54. The van der Waals surface area contributed by atoms with Crippen LogP contribution in [0.5, 0.6) is 5.75 Å². The number of thiophene rings is 1. The molecule has 0 atom stereocenters. The summed E-state index contributed by atoms with van der Waals surface area (Å²) in [6.45, 7) is 0.908. The minimum atomic E-state index is -2.99. The highest BCUT2D eigenvalue weighted by Gasteiger charge is 2.25. The van der Waals surface area contributed by atoms with Gasteiger partial charge in [0, 0.05) is 40.9 Å². The van der Waals surface area contributed by atoms with Gasteiger partial charge in [0.05, 0.1) is 17.2 Å². The summed E-state index contributed by atoms with van der Waals surface area (Å²) < 4.78 is 37.7. The van der Waals surface area contributed by atoms with Crippen LogP contribution in [-0.4, -0.2) is 58.7 Å². The molecule has 45 heavy (non-hydrogen) atoms. The molecule has 0 saturated heterocycles. The first-order chi connectivity index (χ1) is 21.5. The summed E-state index contributed by atoms with van der Waals surface area (Å²) in [5.41, 5.74) is 12.6. The number of carbonyl (C=O) groups is 3. The maximum absolute atomic E-state index is 13.1. The van der Waals surface area contributed by atoms with E-state index >= 15 is 0 Å². The molecule has 0 spiro atoms. The zero-order valence-electron chi connectivity index (χ0n) is 24.2. The molecule has 0 unspecified atom stereocenters. The Hall–Kier alpha value is -5.23. The fourth-order valence-corrected chi connectivity index (χ4v) is 5.30. The van der Waals surface area contributed by atoms with Crippen LogP contribution in [0.3, 0.4) is 0 Å². The number of amides is 3. The summed E-state index contributed by atoms with van der Waals surface area (Å²) in [4.78, 5) is 53.7. The lowest BCUT2D eigenvalue weighted by Crippen LogP contribution is -2.56. The van der Waals surface area contributed by atoms with Crippen molar-refractivity contribution in [3.63, 3.8) is 0 Å². The third-order valence-corrected chi connectivity index (χ3v) is 7.49. The molecule has 3 aromatic heterocycles. The maximum atomic E-state index is 13.1. The van der Waals surface area contributed by atoms with Crippen molar-refractivity contribution in [1.82, 2.24) is 14.6 Å². The summed E-state index contributed by atoms with van der Waals surface area (Å²) in [5, 5.41) is 10.6. The number of benzene rings is 1. The van der Waals surface area contributed by atoms with Gasteiger partial charge >= 0.3 is 12.5 Å². The lowest BCUT2D eigenvalue weighted by atomic mass is 10.1. The minimum absolute atomic E-state index is 0.0131. The van der Waals surface area contributed by atoms with E-state index in [4.69, 9.17) is 16.2 Å². The van der Waals surface area contributed by atoms with Gasteiger partial charge < -0.3 is 26.3 Å². The Bertz CT molecular complexity index is 1760. The van der Waals surface area contributed by atoms with Crippen LogP contribution in [0.15, 0.2) is 36.4 Å². The molecule has 4 rings (SSSR count). The molecule has 238 valence electrons. The Morgan fingerprint density at radius 2 is 1.96 bits per heavy atom. The molecule has 0 fully saturated rings. The first kappa shape index (κ1) is 32.7. The number of carbonyl (C=O) groups excluding carboxylic acids is 3. The number of aryl methyl sites for hydroxylation is 2. The molecular weight excluding hydrogens is 616 g/mol. The molecule has 3 amide bonds. The summed E-state index contributed by atoms with van der Waals surface area (Å²) in [6, 6.07) is 5.77. The van der Waals surface area contributed by atoms with Gasteiger partial charge in [0.2, 0.25) is 11.9 Å². The Morgan fingerprint density at radius 1 is 1.18 bits per heavy atom. The van der Waals surface area contributed by atoms with E-state index in [-0.39, 0.29) is 54.2 Å². The van der Waals surface area contributed by atoms with E-state index in [9.17, 15) is 28.1 Å². The van der Waals surface area contributed by atoms with Gasteiger partial charge in [-0.15, -0.1) is 16.0 Å². The highest BCUT2D eigenvalue weighted by molar-refractivity contribution is 7.20. The van der Waals surface area contributed by atoms with Crippen LogP contribution in [0.2, 0.25) is 0 Å². The monoisotopic (exact) mass is 647 g/mol. The molecule has 0 aliphatic rings. The largest absolute Gasteiger partial charge is 0.489 e. The lowest BCUT2D eigenvalue weighted by Gasteiger charge is -2.13. The molecular formula is C27H31F2N9O6S+2. The van der Waals surface area contributed by atoms with E-state index in [1.165, 1.54) is 12.1 Å². The highest BCUT2D eigenvalue weighted by atomic mass is 32.1. The molecule has 0 bridgehead atoms. The number of primary amides is 2. The Morgan fingerprint density at radius 3 is 2.62 bits per heavy atom. The number of imidazole rings is 1. The molecule has 0 radical (unpaired) electrons. The SMILES string of the molecule is CC[n+]1[nH]c(C)cc1C(=O)Nc1nc2cc(C(N)=O)sc2n1C/C=C/CNc1c([NH+]=O)cc(C(N)=O)cc1OCCOC(F)F. The number of aromatic amines is 1. The van der Waals surface area contributed by atoms with Gasteiger partial charge in [-0.25, -0.2) is 4.98 Å². The zero-order chi connectivity index (χ0) is 32.7. The smallest absolute Gasteiger partial charge is 0.345 e. The van der Waals surface area contributed by atoms with Crippen LogP contribution >= 0.6 is 11.3 Å². The summed E-state index contributed by atoms with van der Waals surface area (Å²) in [6.07, 6.45) is 3.46. The van der Waals surface area contributed by atoms with Gasteiger partial charge in [0.1, 0.15) is 22.7 Å². The first-order valence-electron chi connectivity index (χ1n) is 13.5. The number of fused-ring (bicyclic) bond motifs is 1. The van der Waals surface area contributed by atoms with Crippen molar-refractivity contribution >= 4 is 56.7 Å². The van der Waals surface area contributed by atoms with E-state index in [0.717, 1.165) is 17.0 Å². The standard InChI is InChI=1S/C27H29F2N9O6S/c1-3-38-18(10-14(2)35-38)24(41)34-27-33-17-13-20(23(31)40)45-25(17)37(27)7-5-4-6-32-21-16(36-42)11-15(22(30)39)12-19(21)43-8-9-44-26(28)29/h4-5,10-13,26H,3,6-9H2,1-2H3,(H6,30,31,32,33,34,39,40,41,42)/p+2/b5-4+. The average molecular weight is 648 g/mol. The van der Waals surface area contributed by atoms with Gasteiger partial charge in [-0.1, -0.05) is 12.2 Å². The number of hydrogen-bond acceptors (Lipinski definition) is 9. The minimum Gasteiger partial charge on any atom is -0.489 e. The third kappa shape index (κ3) is 7.84. The number of nitrogens with zero attached hydrogens (tertiary/aromatic N) is 3. The number of halogens is 2. The van der Waals surface area contributed by atoms with Crippen molar-refractivity contribution < 1.29 is 42.5 Å². The van der Waals surface area contributed by atoms with E-state index in [1.54, 1.807) is 38.7 Å². The molecule has 0 aliphatic heterocycles. The maximum Gasteiger partial charge on any atom is 0.345 e. The van der Waals surface area contributed by atoms with Gasteiger partial charge in [-0.3, -0.25) is 24.3 Å². The second kappa shape index (κ2) is 14.5. The number of ether oxygens (including phenoxy) is 2. The number of allylic oxidation sites excluding steroid dienone is 1. The van der Waals surface area contributed by atoms with Crippen LogP contribution in [0.4, 0.5) is 26.1 Å². The van der Waals surface area contributed by atoms with Crippen molar-refractivity contribution in [2.24, 2.45) is 11.5 Å². The van der Waals surface area contributed by atoms with Gasteiger partial charge in [0.15, 0.2) is 12.2 Å². The Labute approximate surface area is 258 Å². The topological polar surface area (TPSA) is 214 Å². The molecule has 0 aliphatic carbocycles. The number of alkyl halides is 2. The number of nitrogens with two attached hydrogens (primary N) is 2. The van der Waals surface area contributed by atoms with Crippen LogP contribution in [0.1, 0.15) is 43.1 Å². The number of nitrogens with one attached hydrogen (secondary N) is 4. The number of anilines is 2. The van der Waals surface area contributed by atoms with Gasteiger partial charge in [-0.05, 0) is 26.0 Å². The van der Waals surface area contributed by atoms with Crippen molar-refractivity contribution in [3.05, 3.63) is 63.2 Å². The number of hydrogen-bond donors (Lipinski definition) is 6. The number of rotatable bonds is 16. The molecule has 18 heteroatoms. The van der Waals surface area contributed by atoms with Crippen molar-refractivity contribution in [2.75, 3.05) is 30.4 Å². The molecule has 3 heterocycles. The molecule has 8 N–H and O–H groups in total. The quantitative estimate of drug-likeness (QED) is 0.0590. The van der Waals surface area contributed by atoms with Crippen LogP contribution in [0.25, 0.3) is 10.3 Å². The van der Waals surface area contributed by atoms with E-state index in [1.807, 2.05) is 13.8 Å². The van der Waals surface area contributed by atoms with Gasteiger partial charge in [-0.2, -0.15) is 13.9 Å². The molecule has 1 aromatic carbocycles. The second-order valence-corrected chi connectivity index (χ2v) is 10.5.